The number of nitrogens with zero attached hydrogens (tertiary/aromatic N) is 1. The van der Waals surface area contributed by atoms with Gasteiger partial charge in [0, 0.05) is 22.3 Å². The highest BCUT2D eigenvalue weighted by atomic mass is 79.9. The average Bonchev–Trinajstić information content (AvgIpc) is 2.55. The van der Waals surface area contributed by atoms with Crippen molar-refractivity contribution in [2.75, 3.05) is 0 Å². The van der Waals surface area contributed by atoms with E-state index in [2.05, 4.69) is 46.5 Å². The molecule has 0 amide bonds. The third kappa shape index (κ3) is 2.41. The van der Waals surface area contributed by atoms with Crippen molar-refractivity contribution in [2.45, 2.75) is 27.2 Å². The van der Waals surface area contributed by atoms with E-state index in [0.29, 0.717) is 6.42 Å². The van der Waals surface area contributed by atoms with Crippen LogP contribution in [0.25, 0.3) is 5.69 Å². The molecule has 0 bridgehead atoms. The van der Waals surface area contributed by atoms with Crippen LogP contribution in [0.1, 0.15) is 23.9 Å². The quantitative estimate of drug-likeness (QED) is 0.840. The molecule has 3 heteroatoms. The number of halogens is 1. The lowest BCUT2D eigenvalue weighted by atomic mass is 10.1. The van der Waals surface area contributed by atoms with Crippen LogP contribution in [0.4, 0.5) is 0 Å². The third-order valence-corrected chi connectivity index (χ3v) is 3.74. The monoisotopic (exact) mass is 305 g/mol. The minimum absolute atomic E-state index is 0.197. The smallest absolute Gasteiger partial charge is 0.134 e. The zero-order chi connectivity index (χ0) is 13.3. The lowest BCUT2D eigenvalue weighted by Crippen LogP contribution is -2.02. The fourth-order valence-corrected chi connectivity index (χ4v) is 2.74. The Bertz CT molecular complexity index is 599. The van der Waals surface area contributed by atoms with E-state index < -0.39 is 0 Å². The zero-order valence-corrected chi connectivity index (χ0v) is 12.4. The van der Waals surface area contributed by atoms with Gasteiger partial charge in [-0.15, -0.1) is 0 Å². The van der Waals surface area contributed by atoms with Crippen LogP contribution in [0.15, 0.2) is 34.8 Å². The second-order valence-corrected chi connectivity index (χ2v) is 5.42. The van der Waals surface area contributed by atoms with Gasteiger partial charge in [-0.3, -0.25) is 4.79 Å². The number of hydrogen-bond donors (Lipinski definition) is 0. The number of benzene rings is 1. The fourth-order valence-electron chi connectivity index (χ4n) is 2.28. The standard InChI is InChI=1S/C15H16BrNO/c1-10-8-13(9-11(2)18)12(3)17(10)15-7-5-4-6-14(15)16/h4-8H,9H2,1-3H3. The molecule has 0 radical (unpaired) electrons. The van der Waals surface area contributed by atoms with Crippen LogP contribution in [-0.4, -0.2) is 10.4 Å². The van der Waals surface area contributed by atoms with Gasteiger partial charge >= 0.3 is 0 Å². The molecular formula is C15H16BrNO. The van der Waals surface area contributed by atoms with E-state index in [1.165, 1.54) is 0 Å². The molecule has 94 valence electrons. The van der Waals surface area contributed by atoms with Crippen LogP contribution in [0.3, 0.4) is 0 Å². The summed E-state index contributed by atoms with van der Waals surface area (Å²) in [5, 5.41) is 0. The van der Waals surface area contributed by atoms with E-state index in [-0.39, 0.29) is 5.78 Å². The van der Waals surface area contributed by atoms with Gasteiger partial charge in [0.2, 0.25) is 0 Å². The summed E-state index contributed by atoms with van der Waals surface area (Å²) in [6.07, 6.45) is 0.504. The van der Waals surface area contributed by atoms with Gasteiger partial charge in [-0.25, -0.2) is 0 Å². The first-order valence-electron chi connectivity index (χ1n) is 5.93. The van der Waals surface area contributed by atoms with Crippen molar-refractivity contribution in [3.05, 3.63) is 51.8 Å². The molecule has 2 aromatic rings. The Morgan fingerprint density at radius 1 is 1.28 bits per heavy atom. The lowest BCUT2D eigenvalue weighted by Gasteiger charge is -2.11. The number of ketones is 1. The number of hydrogen-bond acceptors (Lipinski definition) is 1. The third-order valence-electron chi connectivity index (χ3n) is 3.07. The largest absolute Gasteiger partial charge is 0.317 e. The van der Waals surface area contributed by atoms with Crippen molar-refractivity contribution >= 4 is 21.7 Å². The number of para-hydroxylation sites is 1. The second-order valence-electron chi connectivity index (χ2n) is 4.56. The summed E-state index contributed by atoms with van der Waals surface area (Å²) >= 11 is 3.57. The molecule has 0 saturated carbocycles. The van der Waals surface area contributed by atoms with Crippen molar-refractivity contribution in [3.63, 3.8) is 0 Å². The van der Waals surface area contributed by atoms with Crippen LogP contribution in [0.5, 0.6) is 0 Å². The number of rotatable bonds is 3. The van der Waals surface area contributed by atoms with Crippen molar-refractivity contribution in [1.29, 1.82) is 0 Å². The Hall–Kier alpha value is -1.35. The molecule has 0 atom stereocenters. The van der Waals surface area contributed by atoms with Crippen LogP contribution >= 0.6 is 15.9 Å². The van der Waals surface area contributed by atoms with Crippen molar-refractivity contribution in [1.82, 2.24) is 4.57 Å². The van der Waals surface area contributed by atoms with Gasteiger partial charge in [0.05, 0.1) is 5.69 Å². The molecule has 0 fully saturated rings. The number of Topliss-reactive ketones (excluding diaryl/α,β-unsaturated/α-hetero) is 1. The van der Waals surface area contributed by atoms with E-state index in [1.807, 2.05) is 18.2 Å². The highest BCUT2D eigenvalue weighted by Gasteiger charge is 2.13. The molecule has 0 aliphatic heterocycles. The lowest BCUT2D eigenvalue weighted by molar-refractivity contribution is -0.116. The maximum absolute atomic E-state index is 11.3. The summed E-state index contributed by atoms with van der Waals surface area (Å²) in [7, 11) is 0. The van der Waals surface area contributed by atoms with Gasteiger partial charge in [-0.1, -0.05) is 12.1 Å². The molecule has 1 heterocycles. The molecular weight excluding hydrogens is 290 g/mol. The average molecular weight is 306 g/mol. The summed E-state index contributed by atoms with van der Waals surface area (Å²) < 4.78 is 3.24. The Balaban J connectivity index is 2.56. The Labute approximate surface area is 116 Å². The van der Waals surface area contributed by atoms with Gasteiger partial charge in [-0.2, -0.15) is 0 Å². The first kappa shape index (κ1) is 13.1. The first-order valence-corrected chi connectivity index (χ1v) is 6.72. The van der Waals surface area contributed by atoms with Crippen LogP contribution in [-0.2, 0) is 11.2 Å². The fraction of sp³-hybridized carbons (Fsp3) is 0.267. The van der Waals surface area contributed by atoms with E-state index in [4.69, 9.17) is 0 Å². The Morgan fingerprint density at radius 2 is 1.94 bits per heavy atom. The molecule has 0 spiro atoms. The summed E-state index contributed by atoms with van der Waals surface area (Å²) in [6.45, 7) is 5.76. The maximum Gasteiger partial charge on any atom is 0.134 e. The molecule has 0 aliphatic rings. The first-order chi connectivity index (χ1) is 8.50. The highest BCUT2D eigenvalue weighted by molar-refractivity contribution is 9.10. The molecule has 0 saturated heterocycles. The normalized spacial score (nSPS) is 10.7. The molecule has 18 heavy (non-hydrogen) atoms. The van der Waals surface area contributed by atoms with Crippen molar-refractivity contribution < 1.29 is 4.79 Å². The zero-order valence-electron chi connectivity index (χ0n) is 10.8. The maximum atomic E-state index is 11.3. The molecule has 0 N–H and O–H groups in total. The summed E-state index contributed by atoms with van der Waals surface area (Å²) in [4.78, 5) is 11.3. The van der Waals surface area contributed by atoms with Gasteiger partial charge < -0.3 is 4.57 Å². The van der Waals surface area contributed by atoms with Crippen LogP contribution in [0.2, 0.25) is 0 Å². The van der Waals surface area contributed by atoms with E-state index >= 15 is 0 Å². The molecule has 0 unspecified atom stereocenters. The van der Waals surface area contributed by atoms with E-state index in [1.54, 1.807) is 6.92 Å². The SMILES string of the molecule is CC(=O)Cc1cc(C)n(-c2ccccc2Br)c1C. The van der Waals surface area contributed by atoms with Gasteiger partial charge in [0.15, 0.2) is 0 Å². The molecule has 1 aromatic carbocycles. The topological polar surface area (TPSA) is 22.0 Å². The van der Waals surface area contributed by atoms with Crippen LogP contribution in [0, 0.1) is 13.8 Å². The van der Waals surface area contributed by atoms with Gasteiger partial charge in [-0.05, 0) is 60.5 Å². The number of carbonyl (C=O) groups excluding carboxylic acids is 1. The number of aryl methyl sites for hydroxylation is 1. The summed E-state index contributed by atoms with van der Waals surface area (Å²) in [5.74, 6) is 0.197. The van der Waals surface area contributed by atoms with Gasteiger partial charge in [0.1, 0.15) is 5.78 Å². The molecule has 2 rings (SSSR count). The minimum atomic E-state index is 0.197. The highest BCUT2D eigenvalue weighted by Crippen LogP contribution is 2.26. The van der Waals surface area contributed by atoms with E-state index in [0.717, 1.165) is 27.1 Å². The summed E-state index contributed by atoms with van der Waals surface area (Å²) in [5.41, 5.74) is 4.50. The van der Waals surface area contributed by atoms with E-state index in [9.17, 15) is 4.79 Å². The molecule has 0 aliphatic carbocycles. The number of carbonyl (C=O) groups is 1. The van der Waals surface area contributed by atoms with Gasteiger partial charge in [0.25, 0.3) is 0 Å². The predicted octanol–water partition coefficient (Wildman–Crippen LogP) is 3.99. The van der Waals surface area contributed by atoms with Crippen LogP contribution < -0.4 is 0 Å². The molecule has 1 aromatic heterocycles. The van der Waals surface area contributed by atoms with Crippen molar-refractivity contribution in [3.8, 4) is 5.69 Å². The Kier molecular flexibility index (Phi) is 3.71. The summed E-state index contributed by atoms with van der Waals surface area (Å²) in [6, 6.07) is 10.2. The predicted molar refractivity (Wildman–Crippen MR) is 77.3 cm³/mol. The minimum Gasteiger partial charge on any atom is -0.317 e. The molecule has 2 nitrogen and oxygen atoms in total. The Morgan fingerprint density at radius 3 is 2.56 bits per heavy atom. The number of aromatic nitrogens is 1. The second kappa shape index (κ2) is 5.11. The van der Waals surface area contributed by atoms with Crippen molar-refractivity contribution in [2.24, 2.45) is 0 Å².